The van der Waals surface area contributed by atoms with Crippen LogP contribution < -0.4 is 10.6 Å². The number of anilines is 1. The predicted octanol–water partition coefficient (Wildman–Crippen LogP) is 1.79. The van der Waals surface area contributed by atoms with E-state index in [1.165, 1.54) is 12.1 Å². The molecule has 7 heteroatoms. The summed E-state index contributed by atoms with van der Waals surface area (Å²) in [6.07, 6.45) is 0. The summed E-state index contributed by atoms with van der Waals surface area (Å²) in [6.45, 7) is 4.64. The zero-order chi connectivity index (χ0) is 15.1. The molecule has 1 amide bonds. The molecule has 2 N–H and O–H groups in total. The first kappa shape index (κ1) is 15.9. The van der Waals surface area contributed by atoms with E-state index in [9.17, 15) is 14.9 Å². The van der Waals surface area contributed by atoms with E-state index in [2.05, 4.69) is 10.6 Å². The lowest BCUT2D eigenvalue weighted by atomic mass is 10.1. The maximum absolute atomic E-state index is 12.1. The summed E-state index contributed by atoms with van der Waals surface area (Å²) in [5.74, 6) is -0.370. The largest absolute Gasteiger partial charge is 0.382 e. The zero-order valence-electron chi connectivity index (χ0n) is 11.8. The number of amides is 1. The van der Waals surface area contributed by atoms with E-state index >= 15 is 0 Å². The lowest BCUT2D eigenvalue weighted by Crippen LogP contribution is -2.36. The predicted molar refractivity (Wildman–Crippen MR) is 76.1 cm³/mol. The number of carbonyl (C=O) groups is 1. The van der Waals surface area contributed by atoms with Crippen molar-refractivity contribution in [1.82, 2.24) is 5.32 Å². The van der Waals surface area contributed by atoms with Crippen molar-refractivity contribution in [2.24, 2.45) is 0 Å². The number of nitrogens with zero attached hydrogens (tertiary/aromatic N) is 1. The number of nitro benzene ring substituents is 1. The Balaban J connectivity index is 2.93. The van der Waals surface area contributed by atoms with E-state index in [0.717, 1.165) is 0 Å². The monoisotopic (exact) mass is 281 g/mol. The third kappa shape index (κ3) is 3.92. The molecule has 1 aromatic rings. The molecule has 0 spiro atoms. The van der Waals surface area contributed by atoms with Gasteiger partial charge in [-0.3, -0.25) is 14.9 Å². The molecule has 1 aromatic carbocycles. The number of ether oxygens (including phenoxy) is 1. The molecule has 1 rings (SSSR count). The quantitative estimate of drug-likeness (QED) is 0.587. The van der Waals surface area contributed by atoms with E-state index in [-0.39, 0.29) is 28.9 Å². The first-order valence-corrected chi connectivity index (χ1v) is 6.35. The molecule has 0 fully saturated rings. The van der Waals surface area contributed by atoms with E-state index in [1.54, 1.807) is 13.1 Å². The number of hydrogen-bond acceptors (Lipinski definition) is 5. The van der Waals surface area contributed by atoms with E-state index < -0.39 is 4.92 Å². The molecular formula is C13H19N3O4. The molecular weight excluding hydrogens is 262 g/mol. The van der Waals surface area contributed by atoms with Crippen LogP contribution in [0.15, 0.2) is 18.2 Å². The average Bonchev–Trinajstić information content (AvgIpc) is 2.43. The van der Waals surface area contributed by atoms with Crippen molar-refractivity contribution in [2.75, 3.05) is 25.6 Å². The second-order valence-corrected chi connectivity index (χ2v) is 4.24. The first-order chi connectivity index (χ1) is 9.51. The van der Waals surface area contributed by atoms with Gasteiger partial charge in [-0.05, 0) is 19.9 Å². The van der Waals surface area contributed by atoms with Gasteiger partial charge in [0.05, 0.1) is 17.1 Å². The fraction of sp³-hybridized carbons (Fsp3) is 0.462. The lowest BCUT2D eigenvalue weighted by molar-refractivity contribution is -0.384. The summed E-state index contributed by atoms with van der Waals surface area (Å²) in [4.78, 5) is 22.6. The molecule has 0 aliphatic carbocycles. The van der Waals surface area contributed by atoms with Crippen molar-refractivity contribution in [2.45, 2.75) is 19.9 Å². The molecule has 0 saturated heterocycles. The first-order valence-electron chi connectivity index (χ1n) is 6.35. The molecule has 1 unspecified atom stereocenters. The number of benzene rings is 1. The van der Waals surface area contributed by atoms with Gasteiger partial charge >= 0.3 is 0 Å². The highest BCUT2D eigenvalue weighted by atomic mass is 16.6. The van der Waals surface area contributed by atoms with Crippen molar-refractivity contribution >= 4 is 17.3 Å². The second-order valence-electron chi connectivity index (χ2n) is 4.24. The molecule has 20 heavy (non-hydrogen) atoms. The molecule has 0 saturated carbocycles. The van der Waals surface area contributed by atoms with Gasteiger partial charge in [-0.2, -0.15) is 0 Å². The van der Waals surface area contributed by atoms with Crippen molar-refractivity contribution in [3.63, 3.8) is 0 Å². The standard InChI is InChI=1S/C13H19N3O4/c1-4-20-8-9(2)15-13(17)10-6-5-7-11(16(18)19)12(10)14-3/h5-7,9,14H,4,8H2,1-3H3,(H,15,17). The summed E-state index contributed by atoms with van der Waals surface area (Å²) in [5.41, 5.74) is 0.321. The Bertz CT molecular complexity index is 491. The number of carbonyl (C=O) groups excluding carboxylic acids is 1. The molecule has 0 aromatic heterocycles. The molecule has 0 radical (unpaired) electrons. The molecule has 1 atom stereocenters. The number of nitrogens with one attached hydrogen (secondary N) is 2. The minimum absolute atomic E-state index is 0.127. The minimum Gasteiger partial charge on any atom is -0.382 e. The third-order valence-corrected chi connectivity index (χ3v) is 2.68. The van der Waals surface area contributed by atoms with Crippen LogP contribution in [0.5, 0.6) is 0 Å². The Morgan fingerprint density at radius 1 is 1.50 bits per heavy atom. The van der Waals surface area contributed by atoms with Gasteiger partial charge in [-0.15, -0.1) is 0 Å². The van der Waals surface area contributed by atoms with Gasteiger partial charge in [-0.1, -0.05) is 6.07 Å². The van der Waals surface area contributed by atoms with Gasteiger partial charge in [0.25, 0.3) is 11.6 Å². The summed E-state index contributed by atoms with van der Waals surface area (Å²) < 4.78 is 5.21. The maximum atomic E-state index is 12.1. The van der Waals surface area contributed by atoms with Crippen LogP contribution in [-0.2, 0) is 4.74 Å². The summed E-state index contributed by atoms with van der Waals surface area (Å²) in [5, 5.41) is 16.4. The summed E-state index contributed by atoms with van der Waals surface area (Å²) >= 11 is 0. The highest BCUT2D eigenvalue weighted by Gasteiger charge is 2.21. The van der Waals surface area contributed by atoms with Gasteiger partial charge in [-0.25, -0.2) is 0 Å². The van der Waals surface area contributed by atoms with Gasteiger partial charge in [0.2, 0.25) is 0 Å². The number of nitro groups is 1. The average molecular weight is 281 g/mol. The molecule has 0 heterocycles. The van der Waals surface area contributed by atoms with Crippen molar-refractivity contribution in [3.05, 3.63) is 33.9 Å². The van der Waals surface area contributed by atoms with Crippen LogP contribution in [0.3, 0.4) is 0 Å². The van der Waals surface area contributed by atoms with Crippen LogP contribution >= 0.6 is 0 Å². The zero-order valence-corrected chi connectivity index (χ0v) is 11.8. The Kier molecular flexibility index (Phi) is 5.92. The van der Waals surface area contributed by atoms with Crippen LogP contribution in [0, 0.1) is 10.1 Å². The normalized spacial score (nSPS) is 11.8. The van der Waals surface area contributed by atoms with Gasteiger partial charge in [0.15, 0.2) is 0 Å². The highest BCUT2D eigenvalue weighted by Crippen LogP contribution is 2.27. The van der Waals surface area contributed by atoms with Crippen LogP contribution in [-0.4, -0.2) is 37.1 Å². The Labute approximate surface area is 117 Å². The van der Waals surface area contributed by atoms with E-state index in [1.807, 2.05) is 13.8 Å². The number of rotatable bonds is 7. The van der Waals surface area contributed by atoms with Crippen LogP contribution in [0.25, 0.3) is 0 Å². The number of hydrogen-bond donors (Lipinski definition) is 2. The van der Waals surface area contributed by atoms with Gasteiger partial charge in [0, 0.05) is 25.8 Å². The van der Waals surface area contributed by atoms with Gasteiger partial charge < -0.3 is 15.4 Å². The fourth-order valence-corrected chi connectivity index (χ4v) is 1.78. The topological polar surface area (TPSA) is 93.5 Å². The van der Waals surface area contributed by atoms with Crippen LogP contribution in [0.4, 0.5) is 11.4 Å². The third-order valence-electron chi connectivity index (χ3n) is 2.68. The van der Waals surface area contributed by atoms with Crippen molar-refractivity contribution in [3.8, 4) is 0 Å². The molecule has 0 aliphatic heterocycles. The van der Waals surface area contributed by atoms with Crippen LogP contribution in [0.2, 0.25) is 0 Å². The fourth-order valence-electron chi connectivity index (χ4n) is 1.78. The molecule has 110 valence electrons. The smallest absolute Gasteiger partial charge is 0.293 e. The Morgan fingerprint density at radius 2 is 2.20 bits per heavy atom. The van der Waals surface area contributed by atoms with E-state index in [4.69, 9.17) is 4.74 Å². The second kappa shape index (κ2) is 7.44. The Hall–Kier alpha value is -2.15. The lowest BCUT2D eigenvalue weighted by Gasteiger charge is -2.15. The number of para-hydroxylation sites is 1. The van der Waals surface area contributed by atoms with E-state index in [0.29, 0.717) is 13.2 Å². The Morgan fingerprint density at radius 3 is 2.75 bits per heavy atom. The van der Waals surface area contributed by atoms with Gasteiger partial charge in [0.1, 0.15) is 5.69 Å². The van der Waals surface area contributed by atoms with Crippen LogP contribution in [0.1, 0.15) is 24.2 Å². The summed E-state index contributed by atoms with van der Waals surface area (Å²) in [7, 11) is 1.54. The molecule has 0 bridgehead atoms. The summed E-state index contributed by atoms with van der Waals surface area (Å²) in [6, 6.07) is 4.21. The van der Waals surface area contributed by atoms with Crippen molar-refractivity contribution < 1.29 is 14.5 Å². The maximum Gasteiger partial charge on any atom is 0.293 e. The molecule has 0 aliphatic rings. The minimum atomic E-state index is -0.522. The van der Waals surface area contributed by atoms with Crippen molar-refractivity contribution in [1.29, 1.82) is 0 Å². The SMILES string of the molecule is CCOCC(C)NC(=O)c1cccc([N+](=O)[O-])c1NC. The molecule has 7 nitrogen and oxygen atoms in total. The highest BCUT2D eigenvalue weighted by molar-refractivity contribution is 6.01.